The van der Waals surface area contributed by atoms with Gasteiger partial charge < -0.3 is 4.74 Å². The lowest BCUT2D eigenvalue weighted by Crippen LogP contribution is -2.34. The fourth-order valence-electron chi connectivity index (χ4n) is 1.49. The average Bonchev–Trinajstić information content (AvgIpc) is 2.29. The van der Waals surface area contributed by atoms with Crippen LogP contribution < -0.4 is 0 Å². The summed E-state index contributed by atoms with van der Waals surface area (Å²) in [6.45, 7) is 1.93. The number of carbonyl (C=O) groups excluding carboxylic acids is 1. The maximum Gasteiger partial charge on any atom is 0.141 e. The third kappa shape index (κ3) is 0.721. The van der Waals surface area contributed by atoms with Gasteiger partial charge >= 0.3 is 0 Å². The zero-order chi connectivity index (χ0) is 7.14. The number of hydrogen-bond donors (Lipinski definition) is 0. The summed E-state index contributed by atoms with van der Waals surface area (Å²) < 4.78 is 5.45. The molecule has 0 aromatic heterocycles. The van der Waals surface area contributed by atoms with Gasteiger partial charge in [0.1, 0.15) is 5.78 Å². The van der Waals surface area contributed by atoms with Gasteiger partial charge in [-0.3, -0.25) is 4.79 Å². The van der Waals surface area contributed by atoms with Crippen molar-refractivity contribution in [2.75, 3.05) is 0 Å². The molecule has 2 nitrogen and oxygen atoms in total. The maximum absolute atomic E-state index is 11.1. The molecule has 1 fully saturated rings. The minimum atomic E-state index is 0.0752. The van der Waals surface area contributed by atoms with Crippen LogP contribution in [0, 0.1) is 5.92 Å². The molecule has 0 unspecified atom stereocenters. The van der Waals surface area contributed by atoms with Crippen molar-refractivity contribution in [3.05, 3.63) is 12.2 Å². The standard InChI is InChI=1S/C8H10O2/c1-5-7(9)4-6-2-3-8(5)10-6/h2-3,5-6,8H,4H2,1H3/t5-,6+,8-/m1/s1. The molecule has 0 amide bonds. The highest BCUT2D eigenvalue weighted by atomic mass is 16.5. The Morgan fingerprint density at radius 1 is 1.60 bits per heavy atom. The predicted octanol–water partition coefficient (Wildman–Crippen LogP) is 0.919. The third-order valence-electron chi connectivity index (χ3n) is 2.25. The number of hydrogen-bond acceptors (Lipinski definition) is 2. The molecule has 0 radical (unpaired) electrons. The van der Waals surface area contributed by atoms with Crippen molar-refractivity contribution in [2.45, 2.75) is 25.6 Å². The van der Waals surface area contributed by atoms with Crippen LogP contribution in [0.3, 0.4) is 0 Å². The molecule has 2 aliphatic heterocycles. The van der Waals surface area contributed by atoms with Crippen molar-refractivity contribution in [3.8, 4) is 0 Å². The van der Waals surface area contributed by atoms with Crippen molar-refractivity contribution in [1.82, 2.24) is 0 Å². The van der Waals surface area contributed by atoms with E-state index in [1.807, 2.05) is 19.1 Å². The van der Waals surface area contributed by atoms with Gasteiger partial charge in [-0.2, -0.15) is 0 Å². The Bertz CT molecular complexity index is 195. The van der Waals surface area contributed by atoms with E-state index in [-0.39, 0.29) is 18.1 Å². The first-order valence-corrected chi connectivity index (χ1v) is 3.64. The number of ether oxygens (including phenoxy) is 1. The topological polar surface area (TPSA) is 26.3 Å². The van der Waals surface area contributed by atoms with Gasteiger partial charge in [0.25, 0.3) is 0 Å². The Morgan fingerprint density at radius 2 is 2.40 bits per heavy atom. The van der Waals surface area contributed by atoms with Crippen molar-refractivity contribution < 1.29 is 9.53 Å². The van der Waals surface area contributed by atoms with Crippen molar-refractivity contribution in [1.29, 1.82) is 0 Å². The van der Waals surface area contributed by atoms with E-state index in [1.165, 1.54) is 0 Å². The molecular formula is C8H10O2. The van der Waals surface area contributed by atoms with Gasteiger partial charge in [0.15, 0.2) is 0 Å². The summed E-state index contributed by atoms with van der Waals surface area (Å²) in [7, 11) is 0. The summed E-state index contributed by atoms with van der Waals surface area (Å²) in [5, 5.41) is 0. The molecule has 2 bridgehead atoms. The number of fused-ring (bicyclic) bond motifs is 2. The molecule has 0 N–H and O–H groups in total. The van der Waals surface area contributed by atoms with E-state index in [9.17, 15) is 4.79 Å². The Labute approximate surface area is 59.9 Å². The highest BCUT2D eigenvalue weighted by molar-refractivity contribution is 5.83. The fourth-order valence-corrected chi connectivity index (χ4v) is 1.49. The van der Waals surface area contributed by atoms with Gasteiger partial charge in [-0.25, -0.2) is 0 Å². The first-order chi connectivity index (χ1) is 4.77. The molecule has 2 rings (SSSR count). The molecule has 0 aliphatic carbocycles. The normalized spacial score (nSPS) is 44.5. The second-order valence-electron chi connectivity index (χ2n) is 2.98. The quantitative estimate of drug-likeness (QED) is 0.465. The SMILES string of the molecule is C[C@@H]1C(=O)C[C@@H]2C=C[C@H]1O2. The summed E-state index contributed by atoms with van der Waals surface area (Å²) in [6, 6.07) is 0. The number of ketones is 1. The monoisotopic (exact) mass is 138 g/mol. The molecule has 0 saturated carbocycles. The summed E-state index contributed by atoms with van der Waals surface area (Å²) in [6.07, 6.45) is 4.74. The van der Waals surface area contributed by atoms with Crippen LogP contribution in [0.1, 0.15) is 13.3 Å². The third-order valence-corrected chi connectivity index (χ3v) is 2.25. The average molecular weight is 138 g/mol. The van der Waals surface area contributed by atoms with Crippen LogP contribution in [-0.4, -0.2) is 18.0 Å². The highest BCUT2D eigenvalue weighted by Crippen LogP contribution is 2.28. The zero-order valence-corrected chi connectivity index (χ0v) is 5.91. The largest absolute Gasteiger partial charge is 0.366 e. The lowest BCUT2D eigenvalue weighted by Gasteiger charge is -2.24. The molecule has 0 aromatic carbocycles. The summed E-state index contributed by atoms with van der Waals surface area (Å²) in [5.74, 6) is 0.418. The molecule has 0 spiro atoms. The van der Waals surface area contributed by atoms with Crippen LogP contribution >= 0.6 is 0 Å². The van der Waals surface area contributed by atoms with Crippen LogP contribution in [0.15, 0.2) is 12.2 Å². The van der Waals surface area contributed by atoms with Crippen LogP contribution in [0.5, 0.6) is 0 Å². The lowest BCUT2D eigenvalue weighted by molar-refractivity contribution is -0.135. The molecule has 1 saturated heterocycles. The lowest BCUT2D eigenvalue weighted by atomic mass is 9.96. The number of carbonyl (C=O) groups is 1. The summed E-state index contributed by atoms with van der Waals surface area (Å²) in [4.78, 5) is 11.1. The number of Topliss-reactive ketones (excluding diaryl/α,β-unsaturated/α-hetero) is 1. The molecular weight excluding hydrogens is 128 g/mol. The van der Waals surface area contributed by atoms with E-state index in [0.717, 1.165) is 0 Å². The van der Waals surface area contributed by atoms with Gasteiger partial charge in [-0.15, -0.1) is 0 Å². The molecule has 2 heterocycles. The Kier molecular flexibility index (Phi) is 1.17. The molecule has 2 aliphatic rings. The summed E-state index contributed by atoms with van der Waals surface area (Å²) in [5.41, 5.74) is 0. The molecule has 2 heteroatoms. The minimum absolute atomic E-state index is 0.0752. The van der Waals surface area contributed by atoms with Crippen LogP contribution in [-0.2, 0) is 9.53 Å². The van der Waals surface area contributed by atoms with Crippen LogP contribution in [0.2, 0.25) is 0 Å². The van der Waals surface area contributed by atoms with E-state index in [1.54, 1.807) is 0 Å². The van der Waals surface area contributed by atoms with Crippen molar-refractivity contribution >= 4 is 5.78 Å². The van der Waals surface area contributed by atoms with Crippen LogP contribution in [0.25, 0.3) is 0 Å². The highest BCUT2D eigenvalue weighted by Gasteiger charge is 2.35. The Balaban J connectivity index is 2.23. The van der Waals surface area contributed by atoms with Gasteiger partial charge in [-0.1, -0.05) is 19.1 Å². The minimum Gasteiger partial charge on any atom is -0.366 e. The molecule has 10 heavy (non-hydrogen) atoms. The Hall–Kier alpha value is -0.630. The zero-order valence-electron chi connectivity index (χ0n) is 5.91. The van der Waals surface area contributed by atoms with Gasteiger partial charge in [0.2, 0.25) is 0 Å². The number of rotatable bonds is 0. The second-order valence-corrected chi connectivity index (χ2v) is 2.98. The smallest absolute Gasteiger partial charge is 0.141 e. The van der Waals surface area contributed by atoms with Gasteiger partial charge in [-0.05, 0) is 0 Å². The van der Waals surface area contributed by atoms with Gasteiger partial charge in [0.05, 0.1) is 12.2 Å². The molecule has 3 atom stereocenters. The van der Waals surface area contributed by atoms with Crippen molar-refractivity contribution in [2.24, 2.45) is 5.92 Å². The fraction of sp³-hybridized carbons (Fsp3) is 0.625. The van der Waals surface area contributed by atoms with E-state index in [2.05, 4.69) is 0 Å². The first kappa shape index (κ1) is 6.10. The summed E-state index contributed by atoms with van der Waals surface area (Å²) >= 11 is 0. The van der Waals surface area contributed by atoms with Crippen LogP contribution in [0.4, 0.5) is 0 Å². The Morgan fingerprint density at radius 3 is 3.20 bits per heavy atom. The molecule has 0 aromatic rings. The van der Waals surface area contributed by atoms with E-state index < -0.39 is 0 Å². The maximum atomic E-state index is 11.1. The predicted molar refractivity (Wildman–Crippen MR) is 36.6 cm³/mol. The van der Waals surface area contributed by atoms with Gasteiger partial charge in [0, 0.05) is 12.3 Å². The first-order valence-electron chi connectivity index (χ1n) is 3.64. The van der Waals surface area contributed by atoms with E-state index in [4.69, 9.17) is 4.74 Å². The second kappa shape index (κ2) is 1.92. The van der Waals surface area contributed by atoms with E-state index >= 15 is 0 Å². The van der Waals surface area contributed by atoms with E-state index in [0.29, 0.717) is 12.2 Å². The van der Waals surface area contributed by atoms with Crippen molar-refractivity contribution in [3.63, 3.8) is 0 Å². The molecule has 54 valence electrons.